The Morgan fingerprint density at radius 2 is 1.86 bits per heavy atom. The van der Waals surface area contributed by atoms with Crippen molar-refractivity contribution < 1.29 is 4.92 Å². The third-order valence-corrected chi connectivity index (χ3v) is 3.78. The van der Waals surface area contributed by atoms with Crippen LogP contribution in [0.2, 0.25) is 10.0 Å². The molecule has 2 N–H and O–H groups in total. The van der Waals surface area contributed by atoms with Gasteiger partial charge in [-0.05, 0) is 42.9 Å². The van der Waals surface area contributed by atoms with Crippen molar-refractivity contribution in [3.05, 3.63) is 62.1 Å². The largest absolute Gasteiger partial charge is 0.332 e. The van der Waals surface area contributed by atoms with Gasteiger partial charge in [0.2, 0.25) is 0 Å². The van der Waals surface area contributed by atoms with Crippen LogP contribution >= 0.6 is 35.4 Å². The van der Waals surface area contributed by atoms with Gasteiger partial charge in [0.1, 0.15) is 0 Å². The van der Waals surface area contributed by atoms with Crippen molar-refractivity contribution in [1.82, 2.24) is 0 Å². The minimum atomic E-state index is -0.502. The van der Waals surface area contributed by atoms with Crippen molar-refractivity contribution in [2.75, 3.05) is 10.6 Å². The summed E-state index contributed by atoms with van der Waals surface area (Å²) in [6.45, 7) is 1.89. The molecule has 0 aliphatic heterocycles. The van der Waals surface area contributed by atoms with E-state index in [1.807, 2.05) is 19.1 Å². The molecule has 0 atom stereocenters. The highest BCUT2D eigenvalue weighted by Gasteiger charge is 2.11. The second kappa shape index (κ2) is 6.91. The molecule has 0 aliphatic rings. The molecule has 2 rings (SSSR count). The van der Waals surface area contributed by atoms with Gasteiger partial charge in [-0.15, -0.1) is 0 Å². The molecule has 114 valence electrons. The monoisotopic (exact) mass is 355 g/mol. The number of nitro benzene ring substituents is 1. The molecule has 22 heavy (non-hydrogen) atoms. The van der Waals surface area contributed by atoms with Gasteiger partial charge < -0.3 is 10.6 Å². The Morgan fingerprint density at radius 1 is 1.14 bits per heavy atom. The maximum atomic E-state index is 10.8. The Kier molecular flexibility index (Phi) is 5.18. The summed E-state index contributed by atoms with van der Waals surface area (Å²) < 4.78 is 0. The number of halogens is 2. The first-order valence-electron chi connectivity index (χ1n) is 6.15. The highest BCUT2D eigenvalue weighted by molar-refractivity contribution is 7.80. The molecular weight excluding hydrogens is 345 g/mol. The minimum Gasteiger partial charge on any atom is -0.332 e. The molecule has 2 aromatic carbocycles. The first-order valence-corrected chi connectivity index (χ1v) is 7.31. The second-order valence-electron chi connectivity index (χ2n) is 4.46. The summed E-state index contributed by atoms with van der Waals surface area (Å²) in [5.41, 5.74) is 1.93. The number of anilines is 2. The molecular formula is C14H11Cl2N3O2S. The van der Waals surface area contributed by atoms with Crippen LogP contribution in [0, 0.1) is 17.0 Å². The molecule has 0 spiro atoms. The van der Waals surface area contributed by atoms with E-state index in [9.17, 15) is 10.1 Å². The molecule has 0 saturated carbocycles. The maximum Gasteiger partial charge on any atom is 0.271 e. The van der Waals surface area contributed by atoms with Crippen LogP contribution in [0.25, 0.3) is 0 Å². The van der Waals surface area contributed by atoms with Crippen molar-refractivity contribution in [2.45, 2.75) is 6.92 Å². The Bertz CT molecular complexity index is 753. The summed E-state index contributed by atoms with van der Waals surface area (Å²) in [7, 11) is 0. The fourth-order valence-electron chi connectivity index (χ4n) is 1.68. The van der Waals surface area contributed by atoms with Gasteiger partial charge in [0.25, 0.3) is 5.69 Å². The number of rotatable bonds is 3. The normalized spacial score (nSPS) is 10.1. The van der Waals surface area contributed by atoms with E-state index in [0.717, 1.165) is 5.56 Å². The molecule has 0 radical (unpaired) electrons. The van der Waals surface area contributed by atoms with Crippen LogP contribution in [0.3, 0.4) is 0 Å². The highest BCUT2D eigenvalue weighted by Crippen LogP contribution is 2.27. The smallest absolute Gasteiger partial charge is 0.271 e. The van der Waals surface area contributed by atoms with Gasteiger partial charge >= 0.3 is 0 Å². The lowest BCUT2D eigenvalue weighted by atomic mass is 10.2. The van der Waals surface area contributed by atoms with Gasteiger partial charge in [-0.1, -0.05) is 29.3 Å². The summed E-state index contributed by atoms with van der Waals surface area (Å²) in [5, 5.41) is 17.7. The zero-order chi connectivity index (χ0) is 16.3. The quantitative estimate of drug-likeness (QED) is 0.459. The first kappa shape index (κ1) is 16.5. The molecule has 8 heteroatoms. The van der Waals surface area contributed by atoms with E-state index in [1.54, 1.807) is 6.07 Å². The average molecular weight is 356 g/mol. The maximum absolute atomic E-state index is 10.8. The van der Waals surface area contributed by atoms with E-state index in [-0.39, 0.29) is 10.8 Å². The van der Waals surface area contributed by atoms with Crippen molar-refractivity contribution in [3.8, 4) is 0 Å². The second-order valence-corrected chi connectivity index (χ2v) is 5.69. The number of nitro groups is 1. The highest BCUT2D eigenvalue weighted by atomic mass is 35.5. The van der Waals surface area contributed by atoms with E-state index >= 15 is 0 Å². The Morgan fingerprint density at radius 3 is 2.50 bits per heavy atom. The van der Waals surface area contributed by atoms with Crippen molar-refractivity contribution in [3.63, 3.8) is 0 Å². The number of thiocarbonyl (C=S) groups is 1. The lowest BCUT2D eigenvalue weighted by Crippen LogP contribution is -2.19. The van der Waals surface area contributed by atoms with Crippen LogP contribution in [0.1, 0.15) is 5.56 Å². The molecule has 0 saturated heterocycles. The molecule has 0 bridgehead atoms. The summed E-state index contributed by atoms with van der Waals surface area (Å²) in [5.74, 6) is 0. The number of benzene rings is 2. The molecule has 0 aliphatic carbocycles. The Balaban J connectivity index is 2.13. The molecule has 5 nitrogen and oxygen atoms in total. The SMILES string of the molecule is Cc1ccc(NC(=S)Nc2cc([N+](=O)[O-])ccc2Cl)cc1Cl. The number of hydrogen-bond acceptors (Lipinski definition) is 3. The van der Waals surface area contributed by atoms with Crippen LogP contribution in [-0.2, 0) is 0 Å². The molecule has 0 heterocycles. The van der Waals surface area contributed by atoms with E-state index in [2.05, 4.69) is 10.6 Å². The average Bonchev–Trinajstić information content (AvgIpc) is 2.45. The number of nitrogens with one attached hydrogen (secondary N) is 2. The lowest BCUT2D eigenvalue weighted by Gasteiger charge is -2.12. The molecule has 0 aromatic heterocycles. The van der Waals surface area contributed by atoms with Gasteiger partial charge in [-0.25, -0.2) is 0 Å². The van der Waals surface area contributed by atoms with Gasteiger partial charge in [0.05, 0.1) is 15.6 Å². The fraction of sp³-hybridized carbons (Fsp3) is 0.0714. The molecule has 0 unspecified atom stereocenters. The third kappa shape index (κ3) is 4.07. The zero-order valence-electron chi connectivity index (χ0n) is 11.4. The summed E-state index contributed by atoms with van der Waals surface area (Å²) >= 11 is 17.2. The van der Waals surface area contributed by atoms with Crippen LogP contribution in [0.5, 0.6) is 0 Å². The van der Waals surface area contributed by atoms with Crippen LogP contribution in [-0.4, -0.2) is 10.0 Å². The number of non-ortho nitro benzene ring substituents is 1. The van der Waals surface area contributed by atoms with E-state index in [0.29, 0.717) is 21.4 Å². The first-order chi connectivity index (χ1) is 10.4. The van der Waals surface area contributed by atoms with Gasteiger partial charge in [0.15, 0.2) is 5.11 Å². The minimum absolute atomic E-state index is 0.0759. The fourth-order valence-corrected chi connectivity index (χ4v) is 2.25. The predicted molar refractivity (Wildman–Crippen MR) is 94.1 cm³/mol. The third-order valence-electron chi connectivity index (χ3n) is 2.84. The van der Waals surface area contributed by atoms with E-state index in [1.165, 1.54) is 18.2 Å². The lowest BCUT2D eigenvalue weighted by molar-refractivity contribution is -0.384. The number of nitrogens with zero attached hydrogens (tertiary/aromatic N) is 1. The summed E-state index contributed by atoms with van der Waals surface area (Å²) in [4.78, 5) is 10.3. The Labute approximate surface area is 142 Å². The summed E-state index contributed by atoms with van der Waals surface area (Å²) in [6, 6.07) is 9.49. The Hall–Kier alpha value is -1.89. The van der Waals surface area contributed by atoms with E-state index in [4.69, 9.17) is 35.4 Å². The molecule has 0 amide bonds. The van der Waals surface area contributed by atoms with Gasteiger partial charge in [-0.3, -0.25) is 10.1 Å². The van der Waals surface area contributed by atoms with Gasteiger partial charge in [0, 0.05) is 22.8 Å². The number of aryl methyl sites for hydroxylation is 1. The van der Waals surface area contributed by atoms with E-state index < -0.39 is 4.92 Å². The molecule has 2 aromatic rings. The standard InChI is InChI=1S/C14H11Cl2N3O2S/c1-8-2-3-9(6-12(8)16)17-14(22)18-13-7-10(19(20)21)4-5-11(13)15/h2-7H,1H3,(H2,17,18,22). The van der Waals surface area contributed by atoms with Crippen molar-refractivity contribution in [1.29, 1.82) is 0 Å². The van der Waals surface area contributed by atoms with Crippen LogP contribution < -0.4 is 10.6 Å². The predicted octanol–water partition coefficient (Wildman–Crippen LogP) is 5.02. The topological polar surface area (TPSA) is 67.2 Å². The molecule has 0 fully saturated rings. The zero-order valence-corrected chi connectivity index (χ0v) is 13.7. The van der Waals surface area contributed by atoms with Crippen molar-refractivity contribution in [2.24, 2.45) is 0 Å². The summed E-state index contributed by atoms with van der Waals surface area (Å²) in [6.07, 6.45) is 0. The number of hydrogen-bond donors (Lipinski definition) is 2. The van der Waals surface area contributed by atoms with Crippen LogP contribution in [0.4, 0.5) is 17.1 Å². The van der Waals surface area contributed by atoms with Gasteiger partial charge in [-0.2, -0.15) is 0 Å². The van der Waals surface area contributed by atoms with Crippen molar-refractivity contribution >= 4 is 57.6 Å². The van der Waals surface area contributed by atoms with Crippen LogP contribution in [0.15, 0.2) is 36.4 Å².